The van der Waals surface area contributed by atoms with Gasteiger partial charge in [-0.05, 0) is 49.1 Å². The van der Waals surface area contributed by atoms with E-state index < -0.39 is 0 Å². The first-order valence-corrected chi connectivity index (χ1v) is 6.75. The van der Waals surface area contributed by atoms with Gasteiger partial charge < -0.3 is 10.1 Å². The van der Waals surface area contributed by atoms with Crippen molar-refractivity contribution >= 4 is 11.6 Å². The minimum atomic E-state index is 0.305. The van der Waals surface area contributed by atoms with Crippen LogP contribution in [-0.2, 0) is 0 Å². The number of rotatable bonds is 4. The molecule has 1 saturated heterocycles. The van der Waals surface area contributed by atoms with Gasteiger partial charge in [0.05, 0.1) is 0 Å². The predicted octanol–water partition coefficient (Wildman–Crippen LogP) is 3.59. The van der Waals surface area contributed by atoms with E-state index in [1.807, 2.05) is 18.2 Å². The van der Waals surface area contributed by atoms with Crippen LogP contribution in [0.3, 0.4) is 0 Å². The Morgan fingerprint density at radius 2 is 2.35 bits per heavy atom. The standard InChI is InChI=1S/C14H20ClNO/c1-3-10(2)13-8-11(15)4-5-14(13)17-12-6-7-16-9-12/h4-5,8,10,12,16H,3,6-7,9H2,1-2H3/t10-,12+/m0/s1. The van der Waals surface area contributed by atoms with Gasteiger partial charge in [-0.15, -0.1) is 0 Å². The van der Waals surface area contributed by atoms with Gasteiger partial charge in [-0.1, -0.05) is 25.4 Å². The summed E-state index contributed by atoms with van der Waals surface area (Å²) >= 11 is 6.07. The van der Waals surface area contributed by atoms with Crippen LogP contribution in [0.25, 0.3) is 0 Å². The molecule has 2 rings (SSSR count). The van der Waals surface area contributed by atoms with E-state index >= 15 is 0 Å². The summed E-state index contributed by atoms with van der Waals surface area (Å²) in [4.78, 5) is 0. The van der Waals surface area contributed by atoms with Crippen LogP contribution in [0, 0.1) is 0 Å². The van der Waals surface area contributed by atoms with Crippen LogP contribution in [0.2, 0.25) is 5.02 Å². The molecule has 94 valence electrons. The molecule has 17 heavy (non-hydrogen) atoms. The van der Waals surface area contributed by atoms with Crippen LogP contribution in [0.4, 0.5) is 0 Å². The molecule has 1 N–H and O–H groups in total. The Morgan fingerprint density at radius 3 is 3.00 bits per heavy atom. The summed E-state index contributed by atoms with van der Waals surface area (Å²) in [5, 5.41) is 4.10. The molecule has 2 atom stereocenters. The molecule has 3 heteroatoms. The Balaban J connectivity index is 2.19. The Hall–Kier alpha value is -0.730. The van der Waals surface area contributed by atoms with Crippen molar-refractivity contribution in [3.05, 3.63) is 28.8 Å². The molecule has 0 bridgehead atoms. The molecule has 0 unspecified atom stereocenters. The molecule has 0 aromatic heterocycles. The molecule has 1 aromatic rings. The lowest BCUT2D eigenvalue weighted by Crippen LogP contribution is -2.20. The van der Waals surface area contributed by atoms with Crippen LogP contribution >= 0.6 is 11.6 Å². The van der Waals surface area contributed by atoms with Crippen molar-refractivity contribution in [2.75, 3.05) is 13.1 Å². The molecular weight excluding hydrogens is 234 g/mol. The summed E-state index contributed by atoms with van der Waals surface area (Å²) in [6.07, 6.45) is 2.49. The van der Waals surface area contributed by atoms with Crippen molar-refractivity contribution in [2.24, 2.45) is 0 Å². The molecule has 0 radical (unpaired) electrons. The van der Waals surface area contributed by atoms with E-state index in [2.05, 4.69) is 19.2 Å². The van der Waals surface area contributed by atoms with Gasteiger partial charge >= 0.3 is 0 Å². The van der Waals surface area contributed by atoms with E-state index in [0.29, 0.717) is 12.0 Å². The number of hydrogen-bond donors (Lipinski definition) is 1. The van der Waals surface area contributed by atoms with Crippen LogP contribution in [-0.4, -0.2) is 19.2 Å². The highest BCUT2D eigenvalue weighted by atomic mass is 35.5. The Kier molecular flexibility index (Phi) is 4.30. The lowest BCUT2D eigenvalue weighted by atomic mass is 9.97. The molecule has 1 fully saturated rings. The normalized spacial score (nSPS) is 21.5. The highest BCUT2D eigenvalue weighted by Crippen LogP contribution is 2.32. The maximum absolute atomic E-state index is 6.07. The summed E-state index contributed by atoms with van der Waals surface area (Å²) < 4.78 is 6.06. The van der Waals surface area contributed by atoms with Gasteiger partial charge in [-0.3, -0.25) is 0 Å². The van der Waals surface area contributed by atoms with E-state index in [0.717, 1.165) is 36.7 Å². The third-order valence-electron chi connectivity index (χ3n) is 3.42. The second-order valence-corrected chi connectivity index (χ2v) is 5.16. The van der Waals surface area contributed by atoms with Crippen LogP contribution in [0.1, 0.15) is 38.2 Å². The quantitative estimate of drug-likeness (QED) is 0.885. The van der Waals surface area contributed by atoms with Gasteiger partial charge in [0.15, 0.2) is 0 Å². The SMILES string of the molecule is CC[C@H](C)c1cc(Cl)ccc1O[C@@H]1CCNC1. The molecular formula is C14H20ClNO. The fourth-order valence-electron chi connectivity index (χ4n) is 2.14. The topological polar surface area (TPSA) is 21.3 Å². The lowest BCUT2D eigenvalue weighted by molar-refractivity contribution is 0.220. The van der Waals surface area contributed by atoms with Crippen molar-refractivity contribution < 1.29 is 4.74 Å². The molecule has 0 spiro atoms. The van der Waals surface area contributed by atoms with Crippen molar-refractivity contribution in [1.29, 1.82) is 0 Å². The summed E-state index contributed by atoms with van der Waals surface area (Å²) in [7, 11) is 0. The van der Waals surface area contributed by atoms with Crippen molar-refractivity contribution in [3.63, 3.8) is 0 Å². The molecule has 0 amide bonds. The van der Waals surface area contributed by atoms with Crippen molar-refractivity contribution in [2.45, 2.75) is 38.7 Å². The molecule has 1 aliphatic heterocycles. The zero-order chi connectivity index (χ0) is 12.3. The minimum absolute atomic E-state index is 0.305. The smallest absolute Gasteiger partial charge is 0.123 e. The second-order valence-electron chi connectivity index (χ2n) is 4.72. The third kappa shape index (κ3) is 3.14. The Bertz CT molecular complexity index is 374. The Morgan fingerprint density at radius 1 is 1.53 bits per heavy atom. The highest BCUT2D eigenvalue weighted by Gasteiger charge is 2.19. The average molecular weight is 254 g/mol. The van der Waals surface area contributed by atoms with E-state index in [-0.39, 0.29) is 0 Å². The number of hydrogen-bond acceptors (Lipinski definition) is 2. The second kappa shape index (κ2) is 5.74. The van der Waals surface area contributed by atoms with E-state index in [1.54, 1.807) is 0 Å². The molecule has 1 aliphatic rings. The maximum Gasteiger partial charge on any atom is 0.123 e. The molecule has 1 aromatic carbocycles. The average Bonchev–Trinajstić information content (AvgIpc) is 2.83. The van der Waals surface area contributed by atoms with Gasteiger partial charge in [0.25, 0.3) is 0 Å². The lowest BCUT2D eigenvalue weighted by Gasteiger charge is -2.19. The summed E-state index contributed by atoms with van der Waals surface area (Å²) in [6.45, 7) is 6.40. The number of nitrogens with one attached hydrogen (secondary N) is 1. The van der Waals surface area contributed by atoms with Crippen LogP contribution in [0.5, 0.6) is 5.75 Å². The monoisotopic (exact) mass is 253 g/mol. The van der Waals surface area contributed by atoms with Crippen molar-refractivity contribution in [1.82, 2.24) is 5.32 Å². The van der Waals surface area contributed by atoms with Crippen molar-refractivity contribution in [3.8, 4) is 5.75 Å². The summed E-state index contributed by atoms with van der Waals surface area (Å²) in [5.41, 5.74) is 1.23. The number of benzene rings is 1. The van der Waals surface area contributed by atoms with Gasteiger partial charge in [0.1, 0.15) is 11.9 Å². The van der Waals surface area contributed by atoms with Gasteiger partial charge in [-0.25, -0.2) is 0 Å². The van der Waals surface area contributed by atoms with Gasteiger partial charge in [0.2, 0.25) is 0 Å². The highest BCUT2D eigenvalue weighted by molar-refractivity contribution is 6.30. The first kappa shape index (κ1) is 12.7. The molecule has 1 heterocycles. The third-order valence-corrected chi connectivity index (χ3v) is 3.66. The fraction of sp³-hybridized carbons (Fsp3) is 0.571. The predicted molar refractivity (Wildman–Crippen MR) is 72.1 cm³/mol. The van der Waals surface area contributed by atoms with Crippen LogP contribution < -0.4 is 10.1 Å². The maximum atomic E-state index is 6.07. The number of halogens is 1. The zero-order valence-electron chi connectivity index (χ0n) is 10.5. The van der Waals surface area contributed by atoms with E-state index in [4.69, 9.17) is 16.3 Å². The number of ether oxygens (including phenoxy) is 1. The minimum Gasteiger partial charge on any atom is -0.489 e. The molecule has 0 saturated carbocycles. The van der Waals surface area contributed by atoms with E-state index in [9.17, 15) is 0 Å². The Labute approximate surface area is 108 Å². The van der Waals surface area contributed by atoms with Gasteiger partial charge in [-0.2, -0.15) is 0 Å². The van der Waals surface area contributed by atoms with E-state index in [1.165, 1.54) is 5.56 Å². The first-order chi connectivity index (χ1) is 8.20. The largest absolute Gasteiger partial charge is 0.489 e. The summed E-state index contributed by atoms with van der Waals surface area (Å²) in [5.74, 6) is 1.48. The fourth-order valence-corrected chi connectivity index (χ4v) is 2.32. The van der Waals surface area contributed by atoms with Gasteiger partial charge in [0, 0.05) is 11.6 Å². The molecule has 2 nitrogen and oxygen atoms in total. The molecule has 0 aliphatic carbocycles. The summed E-state index contributed by atoms with van der Waals surface area (Å²) in [6, 6.07) is 5.95. The first-order valence-electron chi connectivity index (χ1n) is 6.37. The van der Waals surface area contributed by atoms with Crippen LogP contribution in [0.15, 0.2) is 18.2 Å². The zero-order valence-corrected chi connectivity index (χ0v) is 11.3.